The molecule has 0 saturated carbocycles. The Morgan fingerprint density at radius 2 is 1.71 bits per heavy atom. The summed E-state index contributed by atoms with van der Waals surface area (Å²) >= 11 is 0. The van der Waals surface area contributed by atoms with Crippen LogP contribution in [0.2, 0.25) is 0 Å². The zero-order valence-electron chi connectivity index (χ0n) is 15.4. The molecule has 1 aromatic rings. The van der Waals surface area contributed by atoms with Gasteiger partial charge in [0.15, 0.2) is 0 Å². The average Bonchev–Trinajstić information content (AvgIpc) is 2.56. The SMILES string of the molecule is CC.COC1CCN(Cc2cc(C(C)C)cc(C(F)(F)F)c2)CC1. The lowest BCUT2D eigenvalue weighted by atomic mass is 9.97. The summed E-state index contributed by atoms with van der Waals surface area (Å²) in [5, 5.41) is 0. The van der Waals surface area contributed by atoms with Crippen LogP contribution in [0.5, 0.6) is 0 Å². The van der Waals surface area contributed by atoms with Crippen LogP contribution in [0.1, 0.15) is 63.1 Å². The molecule has 1 saturated heterocycles. The summed E-state index contributed by atoms with van der Waals surface area (Å²) in [6.07, 6.45) is -2.13. The molecule has 1 aromatic carbocycles. The van der Waals surface area contributed by atoms with Crippen molar-refractivity contribution in [3.8, 4) is 0 Å². The van der Waals surface area contributed by atoms with E-state index in [2.05, 4.69) is 4.90 Å². The largest absolute Gasteiger partial charge is 0.416 e. The van der Waals surface area contributed by atoms with Gasteiger partial charge in [0.25, 0.3) is 0 Å². The second kappa shape index (κ2) is 9.42. The van der Waals surface area contributed by atoms with Gasteiger partial charge in [-0.1, -0.05) is 33.8 Å². The highest BCUT2D eigenvalue weighted by Crippen LogP contribution is 2.32. The summed E-state index contributed by atoms with van der Waals surface area (Å²) in [5.74, 6) is 0.0836. The third-order valence-corrected chi connectivity index (χ3v) is 4.28. The third-order valence-electron chi connectivity index (χ3n) is 4.28. The second-order valence-electron chi connectivity index (χ2n) is 6.33. The summed E-state index contributed by atoms with van der Waals surface area (Å²) in [6.45, 7) is 10.1. The molecule has 0 bridgehead atoms. The molecule has 0 amide bonds. The minimum atomic E-state index is -4.29. The van der Waals surface area contributed by atoms with Crippen molar-refractivity contribution < 1.29 is 17.9 Å². The van der Waals surface area contributed by atoms with Crippen molar-refractivity contribution in [1.82, 2.24) is 4.90 Å². The van der Waals surface area contributed by atoms with Crippen LogP contribution < -0.4 is 0 Å². The van der Waals surface area contributed by atoms with Gasteiger partial charge in [0, 0.05) is 26.7 Å². The summed E-state index contributed by atoms with van der Waals surface area (Å²) in [6, 6.07) is 4.46. The van der Waals surface area contributed by atoms with Crippen LogP contribution in [0.4, 0.5) is 13.2 Å². The molecule has 0 radical (unpaired) electrons. The van der Waals surface area contributed by atoms with Gasteiger partial charge in [-0.2, -0.15) is 13.2 Å². The van der Waals surface area contributed by atoms with Gasteiger partial charge >= 0.3 is 6.18 Å². The van der Waals surface area contributed by atoms with Crippen molar-refractivity contribution in [2.45, 2.75) is 65.3 Å². The fourth-order valence-corrected chi connectivity index (χ4v) is 2.87. The molecule has 0 N–H and O–H groups in total. The van der Waals surface area contributed by atoms with E-state index in [0.29, 0.717) is 6.54 Å². The molecule has 138 valence electrons. The smallest absolute Gasteiger partial charge is 0.381 e. The van der Waals surface area contributed by atoms with Crippen LogP contribution in [0.25, 0.3) is 0 Å². The molecule has 2 rings (SSSR count). The number of ether oxygens (including phenoxy) is 1. The van der Waals surface area contributed by atoms with Gasteiger partial charge in [-0.3, -0.25) is 4.90 Å². The Kier molecular flexibility index (Phi) is 8.23. The predicted octanol–water partition coefficient (Wildman–Crippen LogP) is 5.47. The Balaban J connectivity index is 0.00000139. The zero-order valence-corrected chi connectivity index (χ0v) is 15.4. The fourth-order valence-electron chi connectivity index (χ4n) is 2.87. The first-order chi connectivity index (χ1) is 11.3. The number of alkyl halides is 3. The van der Waals surface area contributed by atoms with Crippen molar-refractivity contribution in [2.24, 2.45) is 0 Å². The Morgan fingerprint density at radius 1 is 1.12 bits per heavy atom. The normalized spacial score (nSPS) is 16.9. The maximum atomic E-state index is 13.1. The lowest BCUT2D eigenvalue weighted by Gasteiger charge is -2.31. The third kappa shape index (κ3) is 6.10. The van der Waals surface area contributed by atoms with Crippen LogP contribution in [-0.4, -0.2) is 31.2 Å². The van der Waals surface area contributed by atoms with E-state index in [-0.39, 0.29) is 12.0 Å². The fraction of sp³-hybridized carbons (Fsp3) is 0.684. The van der Waals surface area contributed by atoms with Gasteiger partial charge < -0.3 is 4.74 Å². The first kappa shape index (κ1) is 21.0. The highest BCUT2D eigenvalue weighted by molar-refractivity contribution is 5.33. The van der Waals surface area contributed by atoms with Crippen LogP contribution >= 0.6 is 0 Å². The molecule has 0 unspecified atom stereocenters. The lowest BCUT2D eigenvalue weighted by Crippen LogP contribution is -2.36. The van der Waals surface area contributed by atoms with E-state index in [9.17, 15) is 13.2 Å². The van der Waals surface area contributed by atoms with Crippen LogP contribution in [0.3, 0.4) is 0 Å². The number of hydrogen-bond acceptors (Lipinski definition) is 2. The second-order valence-corrected chi connectivity index (χ2v) is 6.33. The number of methoxy groups -OCH3 is 1. The van der Waals surface area contributed by atoms with E-state index in [4.69, 9.17) is 4.74 Å². The van der Waals surface area contributed by atoms with Gasteiger partial charge in [0.05, 0.1) is 11.7 Å². The number of halogens is 3. The van der Waals surface area contributed by atoms with Crippen LogP contribution in [0.15, 0.2) is 18.2 Å². The molecule has 1 aliphatic heterocycles. The summed E-state index contributed by atoms with van der Waals surface area (Å²) < 4.78 is 44.5. The minimum absolute atomic E-state index is 0.0836. The number of nitrogens with zero attached hydrogens (tertiary/aromatic N) is 1. The summed E-state index contributed by atoms with van der Waals surface area (Å²) in [5.41, 5.74) is 0.950. The van der Waals surface area contributed by atoms with E-state index in [1.807, 2.05) is 33.8 Å². The topological polar surface area (TPSA) is 12.5 Å². The number of piperidine rings is 1. The van der Waals surface area contributed by atoms with Gasteiger partial charge in [0.1, 0.15) is 0 Å². The summed E-state index contributed by atoms with van der Waals surface area (Å²) in [7, 11) is 1.71. The van der Waals surface area contributed by atoms with Crippen LogP contribution in [0, 0.1) is 0 Å². The Bertz CT molecular complexity index is 492. The van der Waals surface area contributed by atoms with Crippen molar-refractivity contribution in [2.75, 3.05) is 20.2 Å². The minimum Gasteiger partial charge on any atom is -0.381 e. The van der Waals surface area contributed by atoms with Crippen LogP contribution in [-0.2, 0) is 17.5 Å². The summed E-state index contributed by atoms with van der Waals surface area (Å²) in [4.78, 5) is 2.20. The molecule has 0 aromatic heterocycles. The molecule has 0 aliphatic carbocycles. The molecule has 2 nitrogen and oxygen atoms in total. The van der Waals surface area contributed by atoms with Crippen molar-refractivity contribution >= 4 is 0 Å². The molecule has 0 atom stereocenters. The maximum Gasteiger partial charge on any atom is 0.416 e. The van der Waals surface area contributed by atoms with E-state index in [1.54, 1.807) is 7.11 Å². The monoisotopic (exact) mass is 345 g/mol. The molecule has 24 heavy (non-hydrogen) atoms. The van der Waals surface area contributed by atoms with Crippen molar-refractivity contribution in [1.29, 1.82) is 0 Å². The van der Waals surface area contributed by atoms with Gasteiger partial charge in [-0.05, 0) is 42.0 Å². The Morgan fingerprint density at radius 3 is 2.17 bits per heavy atom. The Hall–Kier alpha value is -1.07. The zero-order chi connectivity index (χ0) is 18.3. The Labute approximate surface area is 144 Å². The van der Waals surface area contributed by atoms with Gasteiger partial charge in [-0.15, -0.1) is 0 Å². The van der Waals surface area contributed by atoms with Gasteiger partial charge in [0.2, 0.25) is 0 Å². The maximum absolute atomic E-state index is 13.1. The molecular formula is C19H30F3NO. The quantitative estimate of drug-likeness (QED) is 0.718. The number of hydrogen-bond donors (Lipinski definition) is 0. The van der Waals surface area contributed by atoms with Crippen molar-refractivity contribution in [3.05, 3.63) is 34.9 Å². The molecule has 1 heterocycles. The first-order valence-corrected chi connectivity index (χ1v) is 8.76. The van der Waals surface area contributed by atoms with E-state index in [1.165, 1.54) is 12.1 Å². The molecule has 0 spiro atoms. The van der Waals surface area contributed by atoms with E-state index >= 15 is 0 Å². The number of likely N-dealkylation sites (tertiary alicyclic amines) is 1. The molecular weight excluding hydrogens is 315 g/mol. The molecule has 1 fully saturated rings. The predicted molar refractivity (Wildman–Crippen MR) is 92.2 cm³/mol. The highest BCUT2D eigenvalue weighted by atomic mass is 19.4. The first-order valence-electron chi connectivity index (χ1n) is 8.76. The average molecular weight is 345 g/mol. The molecule has 5 heteroatoms. The highest BCUT2D eigenvalue weighted by Gasteiger charge is 2.31. The van der Waals surface area contributed by atoms with E-state index < -0.39 is 11.7 Å². The number of rotatable bonds is 4. The van der Waals surface area contributed by atoms with Crippen molar-refractivity contribution in [3.63, 3.8) is 0 Å². The lowest BCUT2D eigenvalue weighted by molar-refractivity contribution is -0.137. The number of benzene rings is 1. The van der Waals surface area contributed by atoms with Gasteiger partial charge in [-0.25, -0.2) is 0 Å². The molecule has 1 aliphatic rings. The van der Waals surface area contributed by atoms with E-state index in [0.717, 1.165) is 37.1 Å². The standard InChI is InChI=1S/C17H24F3NO.C2H6/c1-12(2)14-8-13(9-15(10-14)17(18,19)20)11-21-6-4-16(22-3)5-7-21;1-2/h8-10,12,16H,4-7,11H2,1-3H3;1-2H3.